The van der Waals surface area contributed by atoms with Crippen molar-refractivity contribution in [2.24, 2.45) is 0 Å². The van der Waals surface area contributed by atoms with Crippen LogP contribution >= 0.6 is 0 Å². The molecule has 0 unspecified atom stereocenters. The average Bonchev–Trinajstić information content (AvgIpc) is 2.25. The Morgan fingerprint density at radius 3 is 2.45 bits per heavy atom. The molecule has 3 N–H and O–H groups in total. The smallest absolute Gasteiger partial charge is 0.406 e. The molecule has 2 rings (SSSR count). The van der Waals surface area contributed by atoms with Gasteiger partial charge in [-0.25, -0.2) is 0 Å². The average molecular weight is 282 g/mol. The lowest BCUT2D eigenvalue weighted by atomic mass is 10.2. The molecule has 2 aromatic rings. The molecule has 0 radical (unpaired) electrons. The van der Waals surface area contributed by atoms with Gasteiger partial charge in [0.25, 0.3) is 0 Å². The van der Waals surface area contributed by atoms with Crippen molar-refractivity contribution < 1.29 is 17.9 Å². The van der Waals surface area contributed by atoms with E-state index in [0.29, 0.717) is 17.1 Å². The Labute approximate surface area is 114 Å². The Morgan fingerprint density at radius 2 is 1.80 bits per heavy atom. The molecular formula is C14H13F3N2O. The van der Waals surface area contributed by atoms with Gasteiger partial charge in [0.05, 0.1) is 0 Å². The molecule has 3 nitrogen and oxygen atoms in total. The number of aryl methyl sites for hydroxylation is 1. The van der Waals surface area contributed by atoms with Crippen LogP contribution in [0.2, 0.25) is 0 Å². The van der Waals surface area contributed by atoms with Gasteiger partial charge < -0.3 is 15.8 Å². The first-order valence-corrected chi connectivity index (χ1v) is 5.82. The maximum Gasteiger partial charge on any atom is 0.573 e. The van der Waals surface area contributed by atoms with Gasteiger partial charge >= 0.3 is 6.36 Å². The fourth-order valence-corrected chi connectivity index (χ4v) is 1.82. The molecular weight excluding hydrogens is 269 g/mol. The minimum absolute atomic E-state index is 0.275. The van der Waals surface area contributed by atoms with Crippen molar-refractivity contribution in [3.8, 4) is 5.75 Å². The number of hydrogen-bond donors (Lipinski definition) is 2. The summed E-state index contributed by atoms with van der Waals surface area (Å²) < 4.78 is 40.3. The molecule has 0 fully saturated rings. The van der Waals surface area contributed by atoms with E-state index in [4.69, 9.17) is 5.73 Å². The van der Waals surface area contributed by atoms with Crippen molar-refractivity contribution >= 4 is 17.1 Å². The number of nitrogens with two attached hydrogens (primary N) is 1. The van der Waals surface area contributed by atoms with Crippen LogP contribution in [0.3, 0.4) is 0 Å². The molecule has 0 amide bonds. The molecule has 0 saturated carbocycles. The van der Waals surface area contributed by atoms with E-state index in [2.05, 4.69) is 10.1 Å². The highest BCUT2D eigenvalue weighted by molar-refractivity contribution is 5.65. The first-order chi connectivity index (χ1) is 9.32. The monoisotopic (exact) mass is 282 g/mol. The quantitative estimate of drug-likeness (QED) is 0.829. The largest absolute Gasteiger partial charge is 0.573 e. The van der Waals surface area contributed by atoms with Gasteiger partial charge in [-0.1, -0.05) is 6.07 Å². The van der Waals surface area contributed by atoms with Crippen LogP contribution in [0.15, 0.2) is 42.5 Å². The molecule has 0 atom stereocenters. The van der Waals surface area contributed by atoms with E-state index >= 15 is 0 Å². The Kier molecular flexibility index (Phi) is 3.74. The predicted molar refractivity (Wildman–Crippen MR) is 72.0 cm³/mol. The third-order valence-electron chi connectivity index (χ3n) is 2.46. The summed E-state index contributed by atoms with van der Waals surface area (Å²) in [6, 6.07) is 11.0. The maximum atomic E-state index is 12.1. The second kappa shape index (κ2) is 5.32. The maximum absolute atomic E-state index is 12.1. The van der Waals surface area contributed by atoms with Crippen LogP contribution in [0.25, 0.3) is 0 Å². The van der Waals surface area contributed by atoms with E-state index in [1.165, 1.54) is 18.2 Å². The second-order valence-corrected chi connectivity index (χ2v) is 4.33. The number of hydrogen-bond acceptors (Lipinski definition) is 3. The standard InChI is InChI=1S/C14H13F3N2O/c1-9-5-10(18)7-12(6-9)19-11-3-2-4-13(8-11)20-14(15,16)17/h2-8,19H,18H2,1H3. The SMILES string of the molecule is Cc1cc(N)cc(Nc2cccc(OC(F)(F)F)c2)c1. The summed E-state index contributed by atoms with van der Waals surface area (Å²) in [7, 11) is 0. The topological polar surface area (TPSA) is 47.3 Å². The van der Waals surface area contributed by atoms with Crippen molar-refractivity contribution in [1.82, 2.24) is 0 Å². The molecule has 0 aromatic heterocycles. The number of rotatable bonds is 3. The van der Waals surface area contributed by atoms with E-state index < -0.39 is 6.36 Å². The lowest BCUT2D eigenvalue weighted by molar-refractivity contribution is -0.274. The molecule has 20 heavy (non-hydrogen) atoms. The first kappa shape index (κ1) is 14.0. The number of anilines is 3. The van der Waals surface area contributed by atoms with Gasteiger partial charge in [0.15, 0.2) is 0 Å². The minimum Gasteiger partial charge on any atom is -0.406 e. The zero-order valence-electron chi connectivity index (χ0n) is 10.7. The van der Waals surface area contributed by atoms with Crippen molar-refractivity contribution in [1.29, 1.82) is 0 Å². The number of ether oxygens (including phenoxy) is 1. The van der Waals surface area contributed by atoms with Crippen LogP contribution in [-0.2, 0) is 0 Å². The summed E-state index contributed by atoms with van der Waals surface area (Å²) in [6.07, 6.45) is -4.70. The van der Waals surface area contributed by atoms with Crippen LogP contribution in [0, 0.1) is 6.92 Å². The molecule has 6 heteroatoms. The van der Waals surface area contributed by atoms with Gasteiger partial charge in [0.2, 0.25) is 0 Å². The molecule has 106 valence electrons. The predicted octanol–water partition coefficient (Wildman–Crippen LogP) is 4.22. The molecule has 0 aliphatic carbocycles. The summed E-state index contributed by atoms with van der Waals surface area (Å²) in [4.78, 5) is 0. The van der Waals surface area contributed by atoms with Crippen molar-refractivity contribution in [2.75, 3.05) is 11.1 Å². The van der Waals surface area contributed by atoms with E-state index in [0.717, 1.165) is 5.56 Å². The van der Waals surface area contributed by atoms with Gasteiger partial charge in [-0.15, -0.1) is 13.2 Å². The van der Waals surface area contributed by atoms with Gasteiger partial charge in [-0.2, -0.15) is 0 Å². The normalized spacial score (nSPS) is 11.2. The fourth-order valence-electron chi connectivity index (χ4n) is 1.82. The zero-order chi connectivity index (χ0) is 14.8. The van der Waals surface area contributed by atoms with Crippen molar-refractivity contribution in [3.05, 3.63) is 48.0 Å². The first-order valence-electron chi connectivity index (χ1n) is 5.82. The molecule has 0 spiro atoms. The summed E-state index contributed by atoms with van der Waals surface area (Å²) in [5.74, 6) is -0.275. The number of benzene rings is 2. The van der Waals surface area contributed by atoms with Gasteiger partial charge in [0.1, 0.15) is 5.75 Å². The highest BCUT2D eigenvalue weighted by atomic mass is 19.4. The van der Waals surface area contributed by atoms with E-state index in [-0.39, 0.29) is 5.75 Å². The minimum atomic E-state index is -4.70. The fraction of sp³-hybridized carbons (Fsp3) is 0.143. The van der Waals surface area contributed by atoms with Crippen molar-refractivity contribution in [2.45, 2.75) is 13.3 Å². The highest BCUT2D eigenvalue weighted by Gasteiger charge is 2.31. The molecule has 0 aliphatic heterocycles. The van der Waals surface area contributed by atoms with E-state index in [1.807, 2.05) is 13.0 Å². The molecule has 0 heterocycles. The lowest BCUT2D eigenvalue weighted by Crippen LogP contribution is -2.17. The lowest BCUT2D eigenvalue weighted by Gasteiger charge is -2.12. The van der Waals surface area contributed by atoms with Crippen molar-refractivity contribution in [3.63, 3.8) is 0 Å². The molecule has 2 aromatic carbocycles. The number of nitrogen functional groups attached to an aromatic ring is 1. The van der Waals surface area contributed by atoms with Crippen LogP contribution in [0.5, 0.6) is 5.75 Å². The summed E-state index contributed by atoms with van der Waals surface area (Å²) in [5, 5.41) is 2.98. The Balaban J connectivity index is 2.19. The van der Waals surface area contributed by atoms with E-state index in [1.54, 1.807) is 18.2 Å². The number of nitrogens with one attached hydrogen (secondary N) is 1. The van der Waals surface area contributed by atoms with Gasteiger partial charge in [-0.05, 0) is 42.8 Å². The Bertz CT molecular complexity index is 591. The Hall–Kier alpha value is -2.37. The zero-order valence-corrected chi connectivity index (χ0v) is 10.7. The summed E-state index contributed by atoms with van der Waals surface area (Å²) in [5.41, 5.74) is 8.43. The van der Waals surface area contributed by atoms with Gasteiger partial charge in [0, 0.05) is 23.1 Å². The number of alkyl halides is 3. The van der Waals surface area contributed by atoms with Crippen LogP contribution in [0.1, 0.15) is 5.56 Å². The third kappa shape index (κ3) is 4.08. The highest BCUT2D eigenvalue weighted by Crippen LogP contribution is 2.27. The van der Waals surface area contributed by atoms with Crippen LogP contribution < -0.4 is 15.8 Å². The Morgan fingerprint density at radius 1 is 1.05 bits per heavy atom. The summed E-state index contributed by atoms with van der Waals surface area (Å²) in [6.45, 7) is 1.88. The third-order valence-corrected chi connectivity index (χ3v) is 2.46. The second-order valence-electron chi connectivity index (χ2n) is 4.33. The van der Waals surface area contributed by atoms with Gasteiger partial charge in [-0.3, -0.25) is 0 Å². The van der Waals surface area contributed by atoms with Crippen LogP contribution in [-0.4, -0.2) is 6.36 Å². The molecule has 0 bridgehead atoms. The molecule has 0 saturated heterocycles. The molecule has 0 aliphatic rings. The number of halogens is 3. The van der Waals surface area contributed by atoms with Crippen LogP contribution in [0.4, 0.5) is 30.2 Å². The summed E-state index contributed by atoms with van der Waals surface area (Å²) >= 11 is 0. The van der Waals surface area contributed by atoms with E-state index in [9.17, 15) is 13.2 Å².